The van der Waals surface area contributed by atoms with Gasteiger partial charge in [0, 0.05) is 6.54 Å². The molecule has 104 valence electrons. The van der Waals surface area contributed by atoms with Crippen LogP contribution < -0.4 is 5.32 Å². The number of rotatable bonds is 5. The predicted molar refractivity (Wildman–Crippen MR) is 79.8 cm³/mol. The molecule has 3 rings (SSSR count). The van der Waals surface area contributed by atoms with Crippen LogP contribution in [-0.4, -0.2) is 12.6 Å². The number of hydrogen-bond acceptors (Lipinski definition) is 3. The van der Waals surface area contributed by atoms with E-state index in [4.69, 9.17) is 4.74 Å². The van der Waals surface area contributed by atoms with Crippen molar-refractivity contribution in [3.05, 3.63) is 58.3 Å². The van der Waals surface area contributed by atoms with E-state index in [1.165, 1.54) is 5.56 Å². The highest BCUT2D eigenvalue weighted by molar-refractivity contribution is 7.08. The molecule has 0 unspecified atom stereocenters. The average molecular weight is 287 g/mol. The van der Waals surface area contributed by atoms with Crippen LogP contribution >= 0.6 is 11.3 Å². The molecule has 3 nitrogen and oxygen atoms in total. The zero-order valence-corrected chi connectivity index (χ0v) is 11.9. The largest absolute Gasteiger partial charge is 0.445 e. The summed E-state index contributed by atoms with van der Waals surface area (Å²) in [6, 6.07) is 11.9. The lowest BCUT2D eigenvalue weighted by atomic mass is 10.2. The summed E-state index contributed by atoms with van der Waals surface area (Å²) in [5.41, 5.74) is 2.41. The van der Waals surface area contributed by atoms with Crippen LogP contribution in [-0.2, 0) is 11.3 Å². The van der Waals surface area contributed by atoms with Crippen LogP contribution in [0.4, 0.5) is 4.79 Å². The number of benzene rings is 1. The summed E-state index contributed by atoms with van der Waals surface area (Å²) in [5.74, 6) is 1.18. The SMILES string of the molecule is O=C(NC[C@@H]1C[C@H]1c1ccsc1)OCc1ccccc1. The van der Waals surface area contributed by atoms with Gasteiger partial charge in [-0.3, -0.25) is 0 Å². The minimum atomic E-state index is -0.329. The minimum Gasteiger partial charge on any atom is -0.445 e. The minimum absolute atomic E-state index is 0.325. The Morgan fingerprint density at radius 1 is 1.30 bits per heavy atom. The molecule has 20 heavy (non-hydrogen) atoms. The quantitative estimate of drug-likeness (QED) is 0.909. The molecule has 0 bridgehead atoms. The summed E-state index contributed by atoms with van der Waals surface area (Å²) in [4.78, 5) is 11.6. The van der Waals surface area contributed by atoms with E-state index >= 15 is 0 Å². The van der Waals surface area contributed by atoms with E-state index in [9.17, 15) is 4.79 Å². The van der Waals surface area contributed by atoms with E-state index in [0.29, 0.717) is 25.0 Å². The predicted octanol–water partition coefficient (Wildman–Crippen LogP) is 3.78. The van der Waals surface area contributed by atoms with Gasteiger partial charge in [0.15, 0.2) is 0 Å². The number of thiophene rings is 1. The van der Waals surface area contributed by atoms with Crippen molar-refractivity contribution in [3.8, 4) is 0 Å². The first-order chi connectivity index (χ1) is 9.83. The normalized spacial score (nSPS) is 20.4. The van der Waals surface area contributed by atoms with Crippen molar-refractivity contribution in [2.75, 3.05) is 6.54 Å². The third-order valence-electron chi connectivity index (χ3n) is 3.62. The fourth-order valence-corrected chi connectivity index (χ4v) is 3.08. The van der Waals surface area contributed by atoms with Gasteiger partial charge >= 0.3 is 6.09 Å². The Morgan fingerprint density at radius 3 is 2.90 bits per heavy atom. The van der Waals surface area contributed by atoms with Gasteiger partial charge in [0.2, 0.25) is 0 Å². The summed E-state index contributed by atoms with van der Waals surface area (Å²) >= 11 is 1.73. The summed E-state index contributed by atoms with van der Waals surface area (Å²) in [7, 11) is 0. The van der Waals surface area contributed by atoms with Gasteiger partial charge in [-0.25, -0.2) is 4.79 Å². The van der Waals surface area contributed by atoms with Crippen LogP contribution in [0, 0.1) is 5.92 Å². The molecule has 2 atom stereocenters. The zero-order valence-electron chi connectivity index (χ0n) is 11.1. The first kappa shape index (κ1) is 13.2. The Kier molecular flexibility index (Phi) is 4.02. The highest BCUT2D eigenvalue weighted by Gasteiger charge is 2.38. The third-order valence-corrected chi connectivity index (χ3v) is 4.32. The molecule has 4 heteroatoms. The molecule has 0 radical (unpaired) electrons. The lowest BCUT2D eigenvalue weighted by molar-refractivity contribution is 0.139. The Labute approximate surface area is 122 Å². The van der Waals surface area contributed by atoms with Crippen molar-refractivity contribution >= 4 is 17.4 Å². The molecule has 2 aromatic rings. The van der Waals surface area contributed by atoms with E-state index in [0.717, 1.165) is 12.0 Å². The molecule has 1 saturated carbocycles. The van der Waals surface area contributed by atoms with Crippen LogP contribution in [0.5, 0.6) is 0 Å². The molecule has 1 aliphatic carbocycles. The van der Waals surface area contributed by atoms with E-state index in [2.05, 4.69) is 22.1 Å². The maximum atomic E-state index is 11.6. The number of amides is 1. The third kappa shape index (κ3) is 3.39. The van der Waals surface area contributed by atoms with E-state index in [1.54, 1.807) is 11.3 Å². The second-order valence-corrected chi connectivity index (χ2v) is 5.88. The van der Waals surface area contributed by atoms with E-state index in [1.807, 2.05) is 30.3 Å². The van der Waals surface area contributed by atoms with Gasteiger partial charge in [0.1, 0.15) is 6.61 Å². The summed E-state index contributed by atoms with van der Waals surface area (Å²) in [6.07, 6.45) is 0.834. The highest BCUT2D eigenvalue weighted by atomic mass is 32.1. The Hall–Kier alpha value is -1.81. The Bertz CT molecular complexity index is 553. The van der Waals surface area contributed by atoms with Crippen LogP contribution in [0.1, 0.15) is 23.5 Å². The van der Waals surface area contributed by atoms with Gasteiger partial charge in [0.25, 0.3) is 0 Å². The van der Waals surface area contributed by atoms with E-state index in [-0.39, 0.29) is 6.09 Å². The second-order valence-electron chi connectivity index (χ2n) is 5.10. The van der Waals surface area contributed by atoms with E-state index < -0.39 is 0 Å². The van der Waals surface area contributed by atoms with Crippen LogP contribution in [0.3, 0.4) is 0 Å². The van der Waals surface area contributed by atoms with Crippen molar-refractivity contribution in [1.82, 2.24) is 5.32 Å². The molecule has 0 spiro atoms. The topological polar surface area (TPSA) is 38.3 Å². The molecule has 1 aromatic heterocycles. The molecule has 1 aliphatic rings. The van der Waals surface area contributed by atoms with Crippen molar-refractivity contribution in [2.24, 2.45) is 5.92 Å². The molecule has 1 aromatic carbocycles. The molecule has 1 heterocycles. The lowest BCUT2D eigenvalue weighted by Gasteiger charge is -2.06. The fraction of sp³-hybridized carbons (Fsp3) is 0.312. The van der Waals surface area contributed by atoms with Crippen LogP contribution in [0.2, 0.25) is 0 Å². The first-order valence-electron chi connectivity index (χ1n) is 6.79. The summed E-state index contributed by atoms with van der Waals surface area (Å²) in [5, 5.41) is 7.15. The highest BCUT2D eigenvalue weighted by Crippen LogP contribution is 2.47. The van der Waals surface area contributed by atoms with Crippen molar-refractivity contribution in [3.63, 3.8) is 0 Å². The van der Waals surface area contributed by atoms with Gasteiger partial charge in [-0.05, 0) is 46.2 Å². The van der Waals surface area contributed by atoms with Crippen LogP contribution in [0.25, 0.3) is 0 Å². The van der Waals surface area contributed by atoms with Gasteiger partial charge in [-0.1, -0.05) is 30.3 Å². The van der Waals surface area contributed by atoms with Gasteiger partial charge in [-0.2, -0.15) is 11.3 Å². The molecule has 0 aliphatic heterocycles. The van der Waals surface area contributed by atoms with Crippen LogP contribution in [0.15, 0.2) is 47.2 Å². The standard InChI is InChI=1S/C16H17NO2S/c18-16(19-10-12-4-2-1-3-5-12)17-9-14-8-15(14)13-6-7-20-11-13/h1-7,11,14-15H,8-10H2,(H,17,18)/t14-,15-/m0/s1. The fourth-order valence-electron chi connectivity index (χ4n) is 2.36. The smallest absolute Gasteiger partial charge is 0.407 e. The van der Waals surface area contributed by atoms with Gasteiger partial charge in [-0.15, -0.1) is 0 Å². The number of ether oxygens (including phenoxy) is 1. The summed E-state index contributed by atoms with van der Waals surface area (Å²) in [6.45, 7) is 1.03. The number of alkyl carbamates (subject to hydrolysis) is 1. The monoisotopic (exact) mass is 287 g/mol. The first-order valence-corrected chi connectivity index (χ1v) is 7.74. The lowest BCUT2D eigenvalue weighted by Crippen LogP contribution is -2.26. The van der Waals surface area contributed by atoms with Gasteiger partial charge in [0.05, 0.1) is 0 Å². The molecular formula is C16H17NO2S. The number of hydrogen-bond donors (Lipinski definition) is 1. The van der Waals surface area contributed by atoms with Gasteiger partial charge < -0.3 is 10.1 Å². The van der Waals surface area contributed by atoms with Crippen molar-refractivity contribution in [1.29, 1.82) is 0 Å². The Balaban J connectivity index is 1.36. The second kappa shape index (κ2) is 6.09. The maximum absolute atomic E-state index is 11.6. The molecule has 1 fully saturated rings. The van der Waals surface area contributed by atoms with Crippen molar-refractivity contribution < 1.29 is 9.53 Å². The molecule has 0 saturated heterocycles. The average Bonchev–Trinajstić information content (AvgIpc) is 3.05. The molecule has 1 N–H and O–H groups in total. The van der Waals surface area contributed by atoms with Crippen molar-refractivity contribution in [2.45, 2.75) is 18.9 Å². The maximum Gasteiger partial charge on any atom is 0.407 e. The molecular weight excluding hydrogens is 270 g/mol. The number of carbonyl (C=O) groups excluding carboxylic acids is 1. The number of carbonyl (C=O) groups is 1. The molecule has 1 amide bonds. The number of nitrogens with one attached hydrogen (secondary N) is 1. The summed E-state index contributed by atoms with van der Waals surface area (Å²) < 4.78 is 5.18. The zero-order chi connectivity index (χ0) is 13.8. The Morgan fingerprint density at radius 2 is 2.15 bits per heavy atom.